The topological polar surface area (TPSA) is 78.3 Å². The molecule has 4 rings (SSSR count). The smallest absolute Gasteiger partial charge is 0.234 e. The molecule has 1 aliphatic rings. The predicted molar refractivity (Wildman–Crippen MR) is 117 cm³/mol. The van der Waals surface area contributed by atoms with Crippen LogP contribution < -0.4 is 14.8 Å². The minimum absolute atomic E-state index is 0.0793. The Labute approximate surface area is 179 Å². The number of ether oxygens (including phenoxy) is 2. The van der Waals surface area contributed by atoms with Gasteiger partial charge in [0.05, 0.1) is 19.0 Å². The predicted octanol–water partition coefficient (Wildman–Crippen LogP) is 3.94. The highest BCUT2D eigenvalue weighted by molar-refractivity contribution is 7.99. The number of amides is 1. The van der Waals surface area contributed by atoms with Gasteiger partial charge in [0.25, 0.3) is 0 Å². The molecule has 2 aromatic carbocycles. The van der Waals surface area contributed by atoms with Crippen LogP contribution in [0.3, 0.4) is 0 Å². The Morgan fingerprint density at radius 1 is 1.10 bits per heavy atom. The van der Waals surface area contributed by atoms with E-state index in [1.54, 1.807) is 0 Å². The highest BCUT2D eigenvalue weighted by Gasteiger charge is 2.16. The van der Waals surface area contributed by atoms with E-state index in [9.17, 15) is 4.79 Å². The van der Waals surface area contributed by atoms with Crippen LogP contribution in [0.25, 0.3) is 11.4 Å². The summed E-state index contributed by atoms with van der Waals surface area (Å²) in [5.41, 5.74) is 2.92. The van der Waals surface area contributed by atoms with E-state index < -0.39 is 0 Å². The summed E-state index contributed by atoms with van der Waals surface area (Å²) in [6.45, 7) is 3.39. The standard InChI is InChI=1S/C22H24N4O3S/c1-3-15-5-8-17(9-6-15)23-20(27)14-30-22-25-24-21(26(22)2)16-7-10-18-19(13-16)29-12-4-11-28-18/h5-10,13H,3-4,11-12,14H2,1-2H3,(H,23,27). The molecule has 7 nitrogen and oxygen atoms in total. The van der Waals surface area contributed by atoms with Crippen molar-refractivity contribution >= 4 is 23.4 Å². The van der Waals surface area contributed by atoms with Crippen LogP contribution in [-0.2, 0) is 18.3 Å². The van der Waals surface area contributed by atoms with Crippen molar-refractivity contribution in [2.75, 3.05) is 24.3 Å². The summed E-state index contributed by atoms with van der Waals surface area (Å²) in [5, 5.41) is 12.1. The molecule has 0 saturated heterocycles. The van der Waals surface area contributed by atoms with Crippen LogP contribution in [0, 0.1) is 0 Å². The van der Waals surface area contributed by atoms with E-state index >= 15 is 0 Å². The Hall–Kier alpha value is -3.00. The zero-order chi connectivity index (χ0) is 20.9. The van der Waals surface area contributed by atoms with Crippen LogP contribution in [0.5, 0.6) is 11.5 Å². The summed E-state index contributed by atoms with van der Waals surface area (Å²) >= 11 is 1.35. The fourth-order valence-corrected chi connectivity index (χ4v) is 3.86. The Morgan fingerprint density at radius 2 is 1.87 bits per heavy atom. The second-order valence-corrected chi connectivity index (χ2v) is 7.91. The summed E-state index contributed by atoms with van der Waals surface area (Å²) < 4.78 is 13.3. The first kappa shape index (κ1) is 20.3. The van der Waals surface area contributed by atoms with Crippen molar-refractivity contribution in [1.82, 2.24) is 14.8 Å². The van der Waals surface area contributed by atoms with E-state index in [1.165, 1.54) is 17.3 Å². The van der Waals surface area contributed by atoms with Crippen LogP contribution in [0.15, 0.2) is 47.6 Å². The second kappa shape index (κ2) is 9.21. The molecule has 8 heteroatoms. The van der Waals surface area contributed by atoms with E-state index in [0.717, 1.165) is 35.6 Å². The number of benzene rings is 2. The molecule has 0 radical (unpaired) electrons. The number of thioether (sulfide) groups is 1. The molecule has 1 N–H and O–H groups in total. The van der Waals surface area contributed by atoms with E-state index in [0.29, 0.717) is 24.2 Å². The average Bonchev–Trinajstić information content (AvgIpc) is 2.97. The Bertz CT molecular complexity index is 1030. The molecule has 0 fully saturated rings. The number of rotatable bonds is 6. The number of fused-ring (bicyclic) bond motifs is 1. The minimum atomic E-state index is -0.0793. The van der Waals surface area contributed by atoms with Gasteiger partial charge in [-0.2, -0.15) is 0 Å². The highest BCUT2D eigenvalue weighted by Crippen LogP contribution is 2.34. The van der Waals surface area contributed by atoms with E-state index in [-0.39, 0.29) is 11.7 Å². The van der Waals surface area contributed by atoms with Gasteiger partial charge in [-0.05, 0) is 42.3 Å². The molecule has 2 heterocycles. The number of aryl methyl sites for hydroxylation is 1. The zero-order valence-electron chi connectivity index (χ0n) is 17.1. The molecule has 0 atom stereocenters. The number of hydrogen-bond donors (Lipinski definition) is 1. The summed E-state index contributed by atoms with van der Waals surface area (Å²) in [6, 6.07) is 13.6. The number of nitrogens with zero attached hydrogens (tertiary/aromatic N) is 3. The molecule has 1 aromatic heterocycles. The number of hydrogen-bond acceptors (Lipinski definition) is 6. The molecular weight excluding hydrogens is 400 g/mol. The van der Waals surface area contributed by atoms with Gasteiger partial charge in [-0.25, -0.2) is 0 Å². The first-order chi connectivity index (χ1) is 14.6. The third-order valence-corrected chi connectivity index (χ3v) is 5.84. The Balaban J connectivity index is 1.40. The Morgan fingerprint density at radius 3 is 2.63 bits per heavy atom. The maximum atomic E-state index is 12.3. The number of anilines is 1. The Kier molecular flexibility index (Phi) is 6.23. The molecule has 0 spiro atoms. The van der Waals surface area contributed by atoms with Gasteiger partial charge in [0, 0.05) is 24.7 Å². The number of aromatic nitrogens is 3. The summed E-state index contributed by atoms with van der Waals surface area (Å²) in [6.07, 6.45) is 1.83. The van der Waals surface area contributed by atoms with Gasteiger partial charge in [0.15, 0.2) is 22.5 Å². The number of carbonyl (C=O) groups excluding carboxylic acids is 1. The minimum Gasteiger partial charge on any atom is -0.490 e. The molecule has 156 valence electrons. The molecule has 0 saturated carbocycles. The maximum absolute atomic E-state index is 12.3. The lowest BCUT2D eigenvalue weighted by Gasteiger charge is -2.09. The van der Waals surface area contributed by atoms with Crippen LogP contribution in [-0.4, -0.2) is 39.6 Å². The van der Waals surface area contributed by atoms with E-state index in [1.807, 2.05) is 54.1 Å². The first-order valence-electron chi connectivity index (χ1n) is 9.95. The third kappa shape index (κ3) is 4.59. The van der Waals surface area contributed by atoms with Crippen molar-refractivity contribution in [3.63, 3.8) is 0 Å². The van der Waals surface area contributed by atoms with Crippen LogP contribution in [0.4, 0.5) is 5.69 Å². The van der Waals surface area contributed by atoms with Gasteiger partial charge in [0.1, 0.15) is 0 Å². The molecule has 30 heavy (non-hydrogen) atoms. The van der Waals surface area contributed by atoms with Crippen molar-refractivity contribution in [2.24, 2.45) is 7.05 Å². The average molecular weight is 425 g/mol. The fourth-order valence-electron chi connectivity index (χ4n) is 3.15. The number of nitrogens with one attached hydrogen (secondary N) is 1. The normalized spacial score (nSPS) is 13.0. The van der Waals surface area contributed by atoms with E-state index in [2.05, 4.69) is 22.4 Å². The van der Waals surface area contributed by atoms with Crippen molar-refractivity contribution in [2.45, 2.75) is 24.9 Å². The summed E-state index contributed by atoms with van der Waals surface area (Å²) in [4.78, 5) is 12.3. The zero-order valence-corrected chi connectivity index (χ0v) is 17.9. The molecular formula is C22H24N4O3S. The largest absolute Gasteiger partial charge is 0.490 e. The maximum Gasteiger partial charge on any atom is 0.234 e. The van der Waals surface area contributed by atoms with Gasteiger partial charge >= 0.3 is 0 Å². The van der Waals surface area contributed by atoms with Gasteiger partial charge in [-0.15, -0.1) is 10.2 Å². The summed E-state index contributed by atoms with van der Waals surface area (Å²) in [7, 11) is 1.89. The molecule has 0 unspecified atom stereocenters. The lowest BCUT2D eigenvalue weighted by atomic mass is 10.1. The molecule has 0 bridgehead atoms. The van der Waals surface area contributed by atoms with Crippen molar-refractivity contribution < 1.29 is 14.3 Å². The van der Waals surface area contributed by atoms with Crippen molar-refractivity contribution in [3.05, 3.63) is 48.0 Å². The highest BCUT2D eigenvalue weighted by atomic mass is 32.2. The van der Waals surface area contributed by atoms with Crippen LogP contribution >= 0.6 is 11.8 Å². The molecule has 3 aromatic rings. The molecule has 1 aliphatic heterocycles. The molecule has 0 aliphatic carbocycles. The van der Waals surface area contributed by atoms with Gasteiger partial charge in [-0.3, -0.25) is 4.79 Å². The first-order valence-corrected chi connectivity index (χ1v) is 10.9. The number of carbonyl (C=O) groups is 1. The fraction of sp³-hybridized carbons (Fsp3) is 0.318. The quantitative estimate of drug-likeness (QED) is 0.604. The van der Waals surface area contributed by atoms with Gasteiger partial charge in [-0.1, -0.05) is 30.8 Å². The SMILES string of the molecule is CCc1ccc(NC(=O)CSc2nnc(-c3ccc4c(c3)OCCCO4)n2C)cc1. The van der Waals surface area contributed by atoms with Crippen LogP contribution in [0.1, 0.15) is 18.9 Å². The van der Waals surface area contributed by atoms with Gasteiger partial charge in [0.2, 0.25) is 5.91 Å². The van der Waals surface area contributed by atoms with Gasteiger partial charge < -0.3 is 19.4 Å². The van der Waals surface area contributed by atoms with Crippen LogP contribution in [0.2, 0.25) is 0 Å². The lowest BCUT2D eigenvalue weighted by Crippen LogP contribution is -2.14. The summed E-state index contributed by atoms with van der Waals surface area (Å²) in [5.74, 6) is 2.35. The van der Waals surface area contributed by atoms with Crippen molar-refractivity contribution in [1.29, 1.82) is 0 Å². The lowest BCUT2D eigenvalue weighted by molar-refractivity contribution is -0.113. The second-order valence-electron chi connectivity index (χ2n) is 6.96. The third-order valence-electron chi connectivity index (χ3n) is 4.82. The van der Waals surface area contributed by atoms with Crippen molar-refractivity contribution in [3.8, 4) is 22.9 Å². The van der Waals surface area contributed by atoms with E-state index in [4.69, 9.17) is 9.47 Å². The molecule has 1 amide bonds. The monoisotopic (exact) mass is 424 g/mol.